The molecule has 184 valence electrons. The average Bonchev–Trinajstić information content (AvgIpc) is 3.13. The summed E-state index contributed by atoms with van der Waals surface area (Å²) >= 11 is 3.47. The topological polar surface area (TPSA) is 88.4 Å². The molecular formula is C26H27IN2O5S. The van der Waals surface area contributed by atoms with Crippen molar-refractivity contribution in [1.82, 2.24) is 4.90 Å². The van der Waals surface area contributed by atoms with Crippen molar-refractivity contribution in [2.75, 3.05) is 13.7 Å². The Morgan fingerprint density at radius 1 is 1.26 bits per heavy atom. The number of aliphatic imine (C=N–C) groups is 1. The van der Waals surface area contributed by atoms with Crippen molar-refractivity contribution in [1.29, 1.82) is 0 Å². The van der Waals surface area contributed by atoms with Gasteiger partial charge < -0.3 is 14.6 Å². The van der Waals surface area contributed by atoms with Gasteiger partial charge in [-0.15, -0.1) is 0 Å². The van der Waals surface area contributed by atoms with Gasteiger partial charge in [0.25, 0.3) is 5.91 Å². The van der Waals surface area contributed by atoms with Gasteiger partial charge in [-0.1, -0.05) is 38.0 Å². The number of carbonyl (C=O) groups is 2. The van der Waals surface area contributed by atoms with Gasteiger partial charge in [0, 0.05) is 6.04 Å². The van der Waals surface area contributed by atoms with Gasteiger partial charge in [0.2, 0.25) is 0 Å². The van der Waals surface area contributed by atoms with Crippen LogP contribution in [0.1, 0.15) is 38.2 Å². The summed E-state index contributed by atoms with van der Waals surface area (Å²) < 4.78 is 11.5. The third-order valence-corrected chi connectivity index (χ3v) is 7.89. The second-order valence-electron chi connectivity index (χ2n) is 8.56. The van der Waals surface area contributed by atoms with Crippen molar-refractivity contribution in [3.8, 4) is 11.5 Å². The zero-order valence-electron chi connectivity index (χ0n) is 19.6. The van der Waals surface area contributed by atoms with E-state index in [4.69, 9.17) is 19.6 Å². The summed E-state index contributed by atoms with van der Waals surface area (Å²) in [6.07, 6.45) is 6.20. The van der Waals surface area contributed by atoms with Crippen LogP contribution in [0.25, 0.3) is 6.08 Å². The minimum Gasteiger partial charge on any atom is -0.493 e. The Bertz CT molecular complexity index is 1170. The minimum absolute atomic E-state index is 0.0383. The number of aliphatic carboxylic acids is 1. The summed E-state index contributed by atoms with van der Waals surface area (Å²) in [6.45, 7) is 1.75. The van der Waals surface area contributed by atoms with E-state index in [9.17, 15) is 9.59 Å². The Labute approximate surface area is 222 Å². The number of methoxy groups -OCH3 is 1. The minimum atomic E-state index is -1.07. The van der Waals surface area contributed by atoms with Gasteiger partial charge in [-0.25, -0.2) is 9.79 Å². The lowest BCUT2D eigenvalue weighted by Crippen LogP contribution is -2.44. The van der Waals surface area contributed by atoms with Crippen LogP contribution in [0.15, 0.2) is 52.4 Å². The first kappa shape index (κ1) is 25.6. The monoisotopic (exact) mass is 606 g/mol. The van der Waals surface area contributed by atoms with Crippen LogP contribution in [0, 0.1) is 9.49 Å². The molecule has 1 heterocycles. The molecule has 7 nitrogen and oxygen atoms in total. The molecule has 2 aromatic carbocycles. The highest BCUT2D eigenvalue weighted by Gasteiger charge is 2.41. The number of thioether (sulfide) groups is 1. The number of halogens is 1. The van der Waals surface area contributed by atoms with Crippen molar-refractivity contribution in [2.45, 2.75) is 38.6 Å². The van der Waals surface area contributed by atoms with Crippen LogP contribution in [-0.4, -0.2) is 46.8 Å². The maximum Gasteiger partial charge on any atom is 0.341 e. The summed E-state index contributed by atoms with van der Waals surface area (Å²) in [4.78, 5) is 31.9. The lowest BCUT2D eigenvalue weighted by Gasteiger charge is -2.35. The van der Waals surface area contributed by atoms with Crippen LogP contribution in [0.3, 0.4) is 0 Å². The lowest BCUT2D eigenvalue weighted by atomic mass is 9.85. The van der Waals surface area contributed by atoms with Gasteiger partial charge in [0.15, 0.2) is 23.3 Å². The third kappa shape index (κ3) is 6.00. The van der Waals surface area contributed by atoms with Crippen LogP contribution in [-0.2, 0) is 9.59 Å². The number of benzene rings is 2. The standard InChI is InChI=1S/C26H27IN2O5S/c1-16-8-6-7-11-20(16)29-25(32)22(35-26(29)28-18-9-4-3-5-10-18)14-17-12-19(27)24(21(13-17)33-2)34-15-23(30)31/h3-5,9-10,12-14,16,20H,6-8,11,15H2,1-2H3,(H,30,31)/b22-14-,28-26?/t16-,20-/m1/s1. The second kappa shape index (κ2) is 11.5. The van der Waals surface area contributed by atoms with Crippen LogP contribution in [0.2, 0.25) is 0 Å². The molecule has 2 atom stereocenters. The molecule has 2 aliphatic rings. The Kier molecular flexibility index (Phi) is 8.38. The maximum atomic E-state index is 13.7. The van der Waals surface area contributed by atoms with Crippen molar-refractivity contribution in [2.24, 2.45) is 10.9 Å². The molecule has 0 unspecified atom stereocenters. The van der Waals surface area contributed by atoms with Crippen LogP contribution < -0.4 is 9.47 Å². The SMILES string of the molecule is COc1cc(/C=C2\SC(=Nc3ccccc3)N([C@@H]3CCCC[C@H]3C)C2=O)cc(I)c1OCC(=O)O. The van der Waals surface area contributed by atoms with Gasteiger partial charge in [-0.2, -0.15) is 0 Å². The molecule has 0 aromatic heterocycles. The van der Waals surface area contributed by atoms with E-state index in [1.165, 1.54) is 25.3 Å². The van der Waals surface area contributed by atoms with Gasteiger partial charge in [-0.05, 0) is 89.0 Å². The first-order valence-electron chi connectivity index (χ1n) is 11.5. The Balaban J connectivity index is 1.70. The average molecular weight is 606 g/mol. The number of hydrogen-bond acceptors (Lipinski definition) is 6. The van der Waals surface area contributed by atoms with E-state index >= 15 is 0 Å². The van der Waals surface area contributed by atoms with E-state index in [0.717, 1.165) is 30.5 Å². The normalized spacial score (nSPS) is 22.6. The van der Waals surface area contributed by atoms with E-state index in [0.29, 0.717) is 31.1 Å². The predicted molar refractivity (Wildman–Crippen MR) is 146 cm³/mol. The van der Waals surface area contributed by atoms with Gasteiger partial charge in [0.1, 0.15) is 0 Å². The molecule has 0 radical (unpaired) electrons. The zero-order valence-corrected chi connectivity index (χ0v) is 22.5. The smallest absolute Gasteiger partial charge is 0.341 e. The first-order chi connectivity index (χ1) is 16.9. The third-order valence-electron chi connectivity index (χ3n) is 6.11. The maximum absolute atomic E-state index is 13.7. The number of ether oxygens (including phenoxy) is 2. The number of hydrogen-bond donors (Lipinski definition) is 1. The van der Waals surface area contributed by atoms with Crippen molar-refractivity contribution in [3.05, 3.63) is 56.5 Å². The number of carbonyl (C=O) groups excluding carboxylic acids is 1. The van der Waals surface area contributed by atoms with Crippen molar-refractivity contribution < 1.29 is 24.2 Å². The van der Waals surface area contributed by atoms with Gasteiger partial charge >= 0.3 is 5.97 Å². The fraction of sp³-hybridized carbons (Fsp3) is 0.346. The molecule has 1 saturated heterocycles. The summed E-state index contributed by atoms with van der Waals surface area (Å²) in [5.41, 5.74) is 1.58. The number of amides is 1. The van der Waals surface area contributed by atoms with E-state index in [1.54, 1.807) is 6.07 Å². The number of carboxylic acids is 1. The molecule has 1 N–H and O–H groups in total. The van der Waals surface area contributed by atoms with E-state index in [1.807, 2.05) is 47.4 Å². The molecule has 0 spiro atoms. The summed E-state index contributed by atoms with van der Waals surface area (Å²) in [6, 6.07) is 13.4. The highest BCUT2D eigenvalue weighted by atomic mass is 127. The van der Waals surface area contributed by atoms with Gasteiger partial charge in [0.05, 0.1) is 21.3 Å². The molecule has 0 bridgehead atoms. The Morgan fingerprint density at radius 2 is 2.00 bits per heavy atom. The summed E-state index contributed by atoms with van der Waals surface area (Å²) in [7, 11) is 1.50. The summed E-state index contributed by atoms with van der Waals surface area (Å²) in [5.74, 6) is 0.0802. The zero-order chi connectivity index (χ0) is 24.9. The lowest BCUT2D eigenvalue weighted by molar-refractivity contribution is -0.139. The van der Waals surface area contributed by atoms with Crippen LogP contribution >= 0.6 is 34.4 Å². The first-order valence-corrected chi connectivity index (χ1v) is 13.4. The quantitative estimate of drug-likeness (QED) is 0.310. The Hall–Kier alpha value is -2.53. The molecule has 1 aliphatic heterocycles. The van der Waals surface area contributed by atoms with Crippen LogP contribution in [0.5, 0.6) is 11.5 Å². The van der Waals surface area contributed by atoms with Crippen LogP contribution in [0.4, 0.5) is 5.69 Å². The van der Waals surface area contributed by atoms with E-state index < -0.39 is 12.6 Å². The second-order valence-corrected chi connectivity index (χ2v) is 10.7. The highest BCUT2D eigenvalue weighted by Crippen LogP contribution is 2.41. The molecule has 1 amide bonds. The number of carboxylic acid groups (broad SMARTS) is 1. The summed E-state index contributed by atoms with van der Waals surface area (Å²) in [5, 5.41) is 9.65. The Morgan fingerprint density at radius 3 is 2.69 bits per heavy atom. The number of nitrogens with zero attached hydrogens (tertiary/aromatic N) is 2. The molecular weight excluding hydrogens is 579 g/mol. The molecule has 4 rings (SSSR count). The van der Waals surface area contributed by atoms with E-state index in [-0.39, 0.29) is 11.9 Å². The fourth-order valence-corrected chi connectivity index (χ4v) is 6.22. The molecule has 1 aliphatic carbocycles. The predicted octanol–water partition coefficient (Wildman–Crippen LogP) is 5.95. The molecule has 2 aromatic rings. The molecule has 2 fully saturated rings. The van der Waals surface area contributed by atoms with Gasteiger partial charge in [-0.3, -0.25) is 9.69 Å². The van der Waals surface area contributed by atoms with Crippen molar-refractivity contribution >= 4 is 63.2 Å². The molecule has 35 heavy (non-hydrogen) atoms. The van der Waals surface area contributed by atoms with Crippen molar-refractivity contribution in [3.63, 3.8) is 0 Å². The largest absolute Gasteiger partial charge is 0.493 e. The number of para-hydroxylation sites is 1. The number of amidine groups is 1. The molecule has 1 saturated carbocycles. The number of rotatable bonds is 7. The van der Waals surface area contributed by atoms with E-state index in [2.05, 4.69) is 29.5 Å². The molecule has 9 heteroatoms. The fourth-order valence-electron chi connectivity index (χ4n) is 4.40. The highest BCUT2D eigenvalue weighted by molar-refractivity contribution is 14.1.